The Balaban J connectivity index is 1.64. The molecule has 1 aromatic rings. The number of hydrogen-bond acceptors (Lipinski definition) is 4. The van der Waals surface area contributed by atoms with Crippen molar-refractivity contribution < 1.29 is 9.21 Å². The van der Waals surface area contributed by atoms with Crippen LogP contribution >= 0.6 is 0 Å². The van der Waals surface area contributed by atoms with Gasteiger partial charge in [0, 0.05) is 55.3 Å². The summed E-state index contributed by atoms with van der Waals surface area (Å²) in [5, 5.41) is 2.23. The number of furan rings is 1. The highest BCUT2D eigenvalue weighted by atomic mass is 16.3. The number of hydrogen-bond donors (Lipinski definition) is 1. The van der Waals surface area contributed by atoms with E-state index in [1.807, 2.05) is 6.20 Å². The number of carbonyl (C=O) groups is 1. The normalized spacial score (nSPS) is 24.2. The smallest absolute Gasteiger partial charge is 0.165 e. The second-order valence-corrected chi connectivity index (χ2v) is 6.67. The van der Waals surface area contributed by atoms with Gasteiger partial charge in [0.25, 0.3) is 0 Å². The van der Waals surface area contributed by atoms with Crippen LogP contribution in [-0.4, -0.2) is 23.9 Å². The van der Waals surface area contributed by atoms with Crippen molar-refractivity contribution in [2.75, 3.05) is 13.1 Å². The fourth-order valence-electron chi connectivity index (χ4n) is 3.94. The van der Waals surface area contributed by atoms with Crippen LogP contribution in [0.4, 0.5) is 0 Å². The molecule has 0 saturated carbocycles. The zero-order valence-corrected chi connectivity index (χ0v) is 13.1. The second-order valence-electron chi connectivity index (χ2n) is 6.67. The van der Waals surface area contributed by atoms with Gasteiger partial charge in [-0.15, -0.1) is 0 Å². The molecule has 1 aliphatic heterocycles. The summed E-state index contributed by atoms with van der Waals surface area (Å²) in [6.07, 6.45) is 11.6. The molecule has 22 heavy (non-hydrogen) atoms. The quantitative estimate of drug-likeness (QED) is 0.853. The Hall–Kier alpha value is -1.55. The summed E-state index contributed by atoms with van der Waals surface area (Å²) >= 11 is 0. The van der Waals surface area contributed by atoms with Gasteiger partial charge in [0.05, 0.1) is 0 Å². The molecule has 4 heteroatoms. The lowest BCUT2D eigenvalue weighted by Crippen LogP contribution is -2.39. The van der Waals surface area contributed by atoms with Gasteiger partial charge >= 0.3 is 0 Å². The topological polar surface area (TPSA) is 45.5 Å². The van der Waals surface area contributed by atoms with Crippen molar-refractivity contribution in [3.05, 3.63) is 28.8 Å². The molecule has 2 aliphatic carbocycles. The van der Waals surface area contributed by atoms with E-state index in [-0.39, 0.29) is 5.78 Å². The van der Waals surface area contributed by atoms with Crippen LogP contribution < -0.4 is 5.43 Å². The predicted octanol–water partition coefficient (Wildman–Crippen LogP) is 3.01. The summed E-state index contributed by atoms with van der Waals surface area (Å²) in [5.41, 5.74) is 6.64. The van der Waals surface area contributed by atoms with Gasteiger partial charge in [-0.2, -0.15) is 0 Å². The summed E-state index contributed by atoms with van der Waals surface area (Å²) in [7, 11) is 0. The maximum atomic E-state index is 12.4. The summed E-state index contributed by atoms with van der Waals surface area (Å²) in [5.74, 6) is 2.43. The SMILES string of the molecule is O=C1CCc2oc3c(c2/C1=C/NN1CCCCC1)CCCC3. The molecule has 0 amide bonds. The Kier molecular flexibility index (Phi) is 3.78. The van der Waals surface area contributed by atoms with Crippen LogP contribution in [0, 0.1) is 0 Å². The average Bonchev–Trinajstić information content (AvgIpc) is 2.94. The molecule has 1 aromatic heterocycles. The molecule has 1 fully saturated rings. The maximum absolute atomic E-state index is 12.4. The summed E-state index contributed by atoms with van der Waals surface area (Å²) < 4.78 is 6.06. The molecule has 1 N–H and O–H groups in total. The molecule has 0 atom stereocenters. The number of nitrogens with one attached hydrogen (secondary N) is 1. The number of rotatable bonds is 2. The molecule has 118 valence electrons. The van der Waals surface area contributed by atoms with Crippen LogP contribution in [0.1, 0.15) is 61.2 Å². The summed E-state index contributed by atoms with van der Waals surface area (Å²) in [6, 6.07) is 0. The molecule has 4 rings (SSSR count). The predicted molar refractivity (Wildman–Crippen MR) is 85.2 cm³/mol. The minimum Gasteiger partial charge on any atom is -0.465 e. The van der Waals surface area contributed by atoms with E-state index in [4.69, 9.17) is 4.42 Å². The molecule has 0 unspecified atom stereocenters. The number of ketones is 1. The highest BCUT2D eigenvalue weighted by molar-refractivity contribution is 6.22. The monoisotopic (exact) mass is 300 g/mol. The number of hydrazine groups is 1. The van der Waals surface area contributed by atoms with E-state index in [0.717, 1.165) is 55.0 Å². The first-order valence-corrected chi connectivity index (χ1v) is 8.71. The van der Waals surface area contributed by atoms with E-state index in [1.165, 1.54) is 37.7 Å². The standard InChI is InChI=1S/C18H24N2O2/c21-15-8-9-17-18(13-6-2-3-7-16(13)22-17)14(15)12-19-20-10-4-1-5-11-20/h12,19H,1-11H2/b14-12+. The summed E-state index contributed by atoms with van der Waals surface area (Å²) in [4.78, 5) is 12.4. The van der Waals surface area contributed by atoms with Crippen molar-refractivity contribution in [2.45, 2.75) is 57.8 Å². The molecular weight excluding hydrogens is 276 g/mol. The van der Waals surface area contributed by atoms with E-state index in [9.17, 15) is 4.79 Å². The lowest BCUT2D eigenvalue weighted by Gasteiger charge is -2.27. The zero-order chi connectivity index (χ0) is 14.9. The van der Waals surface area contributed by atoms with Crippen molar-refractivity contribution in [1.29, 1.82) is 0 Å². The van der Waals surface area contributed by atoms with E-state index < -0.39 is 0 Å². The Morgan fingerprint density at radius 1 is 0.909 bits per heavy atom. The molecule has 1 saturated heterocycles. The number of carbonyl (C=O) groups excluding carboxylic acids is 1. The number of piperidine rings is 1. The third-order valence-electron chi connectivity index (χ3n) is 5.14. The zero-order valence-electron chi connectivity index (χ0n) is 13.1. The second kappa shape index (κ2) is 5.92. The van der Waals surface area contributed by atoms with Crippen LogP contribution in [-0.2, 0) is 24.1 Å². The number of Topliss-reactive ketones (excluding diaryl/α,β-unsaturated/α-hetero) is 1. The van der Waals surface area contributed by atoms with Gasteiger partial charge in [0.2, 0.25) is 0 Å². The number of aryl methyl sites for hydroxylation is 2. The van der Waals surface area contributed by atoms with E-state index in [2.05, 4.69) is 10.4 Å². The van der Waals surface area contributed by atoms with Crippen molar-refractivity contribution >= 4 is 11.4 Å². The average molecular weight is 300 g/mol. The molecule has 0 aromatic carbocycles. The first-order chi connectivity index (χ1) is 10.8. The third kappa shape index (κ3) is 2.50. The van der Waals surface area contributed by atoms with E-state index in [1.54, 1.807) is 0 Å². The van der Waals surface area contributed by atoms with E-state index >= 15 is 0 Å². The van der Waals surface area contributed by atoms with Gasteiger partial charge in [-0.25, -0.2) is 5.01 Å². The molecule has 4 nitrogen and oxygen atoms in total. The van der Waals surface area contributed by atoms with Gasteiger partial charge in [-0.05, 0) is 32.1 Å². The largest absolute Gasteiger partial charge is 0.465 e. The number of fused-ring (bicyclic) bond motifs is 3. The Bertz CT molecular complexity index is 609. The Morgan fingerprint density at radius 2 is 1.73 bits per heavy atom. The Morgan fingerprint density at radius 3 is 2.59 bits per heavy atom. The third-order valence-corrected chi connectivity index (χ3v) is 5.14. The van der Waals surface area contributed by atoms with Crippen LogP contribution in [0.15, 0.2) is 10.6 Å². The van der Waals surface area contributed by atoms with Gasteiger partial charge in [-0.1, -0.05) is 6.42 Å². The molecule has 2 heterocycles. The van der Waals surface area contributed by atoms with Gasteiger partial charge in [0.15, 0.2) is 5.78 Å². The van der Waals surface area contributed by atoms with Gasteiger partial charge in [-0.3, -0.25) is 4.79 Å². The van der Waals surface area contributed by atoms with Crippen LogP contribution in [0.5, 0.6) is 0 Å². The van der Waals surface area contributed by atoms with Crippen LogP contribution in [0.3, 0.4) is 0 Å². The molecule has 0 radical (unpaired) electrons. The summed E-state index contributed by atoms with van der Waals surface area (Å²) in [6.45, 7) is 2.13. The van der Waals surface area contributed by atoms with Crippen molar-refractivity contribution in [2.24, 2.45) is 0 Å². The van der Waals surface area contributed by atoms with Gasteiger partial charge in [0.1, 0.15) is 11.5 Å². The van der Waals surface area contributed by atoms with Crippen molar-refractivity contribution in [3.63, 3.8) is 0 Å². The highest BCUT2D eigenvalue weighted by Gasteiger charge is 2.31. The number of allylic oxidation sites excluding steroid dienone is 1. The van der Waals surface area contributed by atoms with Crippen LogP contribution in [0.2, 0.25) is 0 Å². The van der Waals surface area contributed by atoms with Crippen molar-refractivity contribution in [1.82, 2.24) is 10.4 Å². The lowest BCUT2D eigenvalue weighted by atomic mass is 9.85. The Labute approximate surface area is 131 Å². The van der Waals surface area contributed by atoms with Gasteiger partial charge < -0.3 is 9.84 Å². The number of nitrogens with zero attached hydrogens (tertiary/aromatic N) is 1. The minimum atomic E-state index is 0.256. The molecule has 3 aliphatic rings. The fraction of sp³-hybridized carbons (Fsp3) is 0.611. The molecular formula is C18H24N2O2. The van der Waals surface area contributed by atoms with Crippen molar-refractivity contribution in [3.8, 4) is 0 Å². The van der Waals surface area contributed by atoms with Crippen LogP contribution in [0.25, 0.3) is 5.57 Å². The lowest BCUT2D eigenvalue weighted by molar-refractivity contribution is -0.114. The maximum Gasteiger partial charge on any atom is 0.165 e. The van der Waals surface area contributed by atoms with E-state index in [0.29, 0.717) is 6.42 Å². The first-order valence-electron chi connectivity index (χ1n) is 8.71. The molecule has 0 spiro atoms. The minimum absolute atomic E-state index is 0.256. The molecule has 0 bridgehead atoms. The highest BCUT2D eigenvalue weighted by Crippen LogP contribution is 2.38. The first kappa shape index (κ1) is 14.1. The fourth-order valence-corrected chi connectivity index (χ4v) is 3.94.